The van der Waals surface area contributed by atoms with Crippen LogP contribution in [0.3, 0.4) is 0 Å². The molecular weight excluding hydrogens is 236 g/mol. The van der Waals surface area contributed by atoms with E-state index in [2.05, 4.69) is 5.32 Å². The highest BCUT2D eigenvalue weighted by Gasteiger charge is 2.35. The molecule has 0 aromatic carbocycles. The van der Waals surface area contributed by atoms with Crippen molar-refractivity contribution >= 4 is 6.09 Å². The van der Waals surface area contributed by atoms with E-state index in [1.54, 1.807) is 7.11 Å². The van der Waals surface area contributed by atoms with Crippen molar-refractivity contribution in [3.63, 3.8) is 0 Å². The molecule has 18 heavy (non-hydrogen) atoms. The van der Waals surface area contributed by atoms with Gasteiger partial charge < -0.3 is 25.3 Å². The molecule has 3 N–H and O–H groups in total. The van der Waals surface area contributed by atoms with Crippen LogP contribution in [0.1, 0.15) is 33.6 Å². The van der Waals surface area contributed by atoms with Gasteiger partial charge in [0.1, 0.15) is 12.4 Å². The third kappa shape index (κ3) is 5.20. The molecule has 0 aliphatic heterocycles. The van der Waals surface area contributed by atoms with Gasteiger partial charge in [-0.1, -0.05) is 0 Å². The quantitative estimate of drug-likeness (QED) is 0.737. The summed E-state index contributed by atoms with van der Waals surface area (Å²) in [6.45, 7) is 5.67. The maximum Gasteiger partial charge on any atom is 0.407 e. The number of methoxy groups -OCH3 is 1. The van der Waals surface area contributed by atoms with E-state index < -0.39 is 11.7 Å². The Balaban J connectivity index is 2.45. The first-order chi connectivity index (χ1) is 8.31. The molecule has 106 valence electrons. The minimum atomic E-state index is -0.506. The van der Waals surface area contributed by atoms with E-state index in [9.17, 15) is 4.79 Å². The highest BCUT2D eigenvalue weighted by atomic mass is 16.7. The zero-order valence-electron chi connectivity index (χ0n) is 11.6. The maximum absolute atomic E-state index is 11.7. The van der Waals surface area contributed by atoms with Gasteiger partial charge in [-0.05, 0) is 33.6 Å². The summed E-state index contributed by atoms with van der Waals surface area (Å²) in [5.74, 6) is 0. The summed E-state index contributed by atoms with van der Waals surface area (Å²) in [7, 11) is 1.56. The predicted molar refractivity (Wildman–Crippen MR) is 67.1 cm³/mol. The van der Waals surface area contributed by atoms with Crippen LogP contribution in [0.4, 0.5) is 4.79 Å². The highest BCUT2D eigenvalue weighted by molar-refractivity contribution is 5.68. The maximum atomic E-state index is 11.7. The summed E-state index contributed by atoms with van der Waals surface area (Å²) in [5.41, 5.74) is 5.37. The monoisotopic (exact) mass is 260 g/mol. The molecule has 0 saturated heterocycles. The van der Waals surface area contributed by atoms with Crippen molar-refractivity contribution in [1.82, 2.24) is 5.32 Å². The molecule has 1 aliphatic rings. The van der Waals surface area contributed by atoms with Crippen LogP contribution >= 0.6 is 0 Å². The second-order valence-corrected chi connectivity index (χ2v) is 5.60. The number of rotatable bonds is 4. The van der Waals surface area contributed by atoms with Crippen LogP contribution in [-0.4, -0.2) is 43.8 Å². The SMILES string of the molecule is COCO[C@H]1C[C@@H](N)C[C@H]1NC(=O)OC(C)(C)C. The van der Waals surface area contributed by atoms with E-state index in [0.717, 1.165) is 0 Å². The van der Waals surface area contributed by atoms with Crippen LogP contribution in [0.25, 0.3) is 0 Å². The van der Waals surface area contributed by atoms with Crippen molar-refractivity contribution in [2.45, 2.75) is 57.4 Å². The van der Waals surface area contributed by atoms with Gasteiger partial charge in [-0.25, -0.2) is 4.79 Å². The third-order valence-corrected chi connectivity index (χ3v) is 2.64. The molecule has 1 saturated carbocycles. The second kappa shape index (κ2) is 6.36. The summed E-state index contributed by atoms with van der Waals surface area (Å²) in [6, 6.07) is -0.0863. The van der Waals surface area contributed by atoms with Crippen molar-refractivity contribution in [3.8, 4) is 0 Å². The minimum Gasteiger partial charge on any atom is -0.444 e. The Morgan fingerprint density at radius 2 is 2.06 bits per heavy atom. The molecule has 1 aliphatic carbocycles. The number of alkyl carbamates (subject to hydrolysis) is 1. The van der Waals surface area contributed by atoms with Crippen molar-refractivity contribution < 1.29 is 19.0 Å². The van der Waals surface area contributed by atoms with Crippen molar-refractivity contribution in [2.75, 3.05) is 13.9 Å². The first-order valence-corrected chi connectivity index (χ1v) is 6.17. The summed E-state index contributed by atoms with van der Waals surface area (Å²) in [6.07, 6.45) is 0.845. The number of nitrogens with one attached hydrogen (secondary N) is 1. The van der Waals surface area contributed by atoms with Gasteiger partial charge in [0.25, 0.3) is 0 Å². The fourth-order valence-electron chi connectivity index (χ4n) is 1.99. The molecule has 3 atom stereocenters. The van der Waals surface area contributed by atoms with Gasteiger partial charge in [-0.3, -0.25) is 0 Å². The average Bonchev–Trinajstić information content (AvgIpc) is 2.52. The zero-order valence-corrected chi connectivity index (χ0v) is 11.6. The van der Waals surface area contributed by atoms with Crippen LogP contribution in [0.5, 0.6) is 0 Å². The lowest BCUT2D eigenvalue weighted by Gasteiger charge is -2.24. The Kier molecular flexibility index (Phi) is 5.37. The zero-order chi connectivity index (χ0) is 13.8. The number of hydrogen-bond donors (Lipinski definition) is 2. The van der Waals surface area contributed by atoms with Crippen molar-refractivity contribution in [2.24, 2.45) is 5.73 Å². The van der Waals surface area contributed by atoms with E-state index in [0.29, 0.717) is 12.8 Å². The number of carbonyl (C=O) groups excluding carboxylic acids is 1. The lowest BCUT2D eigenvalue weighted by molar-refractivity contribution is -0.0771. The standard InChI is InChI=1S/C12H24N2O4/c1-12(2,3)18-11(15)14-9-5-8(13)6-10(9)17-7-16-4/h8-10H,5-7,13H2,1-4H3,(H,14,15)/t8-,9+,10-/m0/s1. The van der Waals surface area contributed by atoms with Crippen LogP contribution in [0, 0.1) is 0 Å². The molecule has 1 amide bonds. The Hall–Kier alpha value is -0.850. The summed E-state index contributed by atoms with van der Waals surface area (Å²) in [5, 5.41) is 2.80. The molecule has 1 fully saturated rings. The van der Waals surface area contributed by atoms with Crippen LogP contribution in [0.15, 0.2) is 0 Å². The van der Waals surface area contributed by atoms with Gasteiger partial charge in [0.15, 0.2) is 0 Å². The van der Waals surface area contributed by atoms with Crippen LogP contribution in [-0.2, 0) is 14.2 Å². The highest BCUT2D eigenvalue weighted by Crippen LogP contribution is 2.22. The minimum absolute atomic E-state index is 0.0341. The topological polar surface area (TPSA) is 82.8 Å². The van der Waals surface area contributed by atoms with Gasteiger partial charge in [0.2, 0.25) is 0 Å². The fourth-order valence-corrected chi connectivity index (χ4v) is 1.99. The molecule has 1 rings (SSSR count). The largest absolute Gasteiger partial charge is 0.444 e. The van der Waals surface area contributed by atoms with E-state index in [1.165, 1.54) is 0 Å². The number of hydrogen-bond acceptors (Lipinski definition) is 5. The van der Waals surface area contributed by atoms with Crippen LogP contribution < -0.4 is 11.1 Å². The van der Waals surface area contributed by atoms with Gasteiger partial charge in [0.05, 0.1) is 12.1 Å². The van der Waals surface area contributed by atoms with Crippen molar-refractivity contribution in [1.29, 1.82) is 0 Å². The molecule has 0 unspecified atom stereocenters. The number of nitrogens with two attached hydrogens (primary N) is 1. The number of ether oxygens (including phenoxy) is 3. The lowest BCUT2D eigenvalue weighted by Crippen LogP contribution is -2.43. The summed E-state index contributed by atoms with van der Waals surface area (Å²) < 4.78 is 15.6. The smallest absolute Gasteiger partial charge is 0.407 e. The Morgan fingerprint density at radius 1 is 1.39 bits per heavy atom. The van der Waals surface area contributed by atoms with Gasteiger partial charge in [-0.2, -0.15) is 0 Å². The van der Waals surface area contributed by atoms with E-state index in [-0.39, 0.29) is 25.0 Å². The molecule has 0 spiro atoms. The normalized spacial score (nSPS) is 28.2. The first-order valence-electron chi connectivity index (χ1n) is 6.17. The fraction of sp³-hybridized carbons (Fsp3) is 0.917. The number of amides is 1. The number of carbonyl (C=O) groups is 1. The molecule has 0 heterocycles. The lowest BCUT2D eigenvalue weighted by atomic mass is 10.2. The van der Waals surface area contributed by atoms with Crippen molar-refractivity contribution in [3.05, 3.63) is 0 Å². The molecule has 0 bridgehead atoms. The molecule has 6 nitrogen and oxygen atoms in total. The van der Waals surface area contributed by atoms with Gasteiger partial charge in [0, 0.05) is 13.2 Å². The third-order valence-electron chi connectivity index (χ3n) is 2.64. The first kappa shape index (κ1) is 15.2. The molecule has 0 aromatic heterocycles. The van der Waals surface area contributed by atoms with E-state index in [1.807, 2.05) is 20.8 Å². The Morgan fingerprint density at radius 3 is 2.61 bits per heavy atom. The average molecular weight is 260 g/mol. The molecule has 0 aromatic rings. The van der Waals surface area contributed by atoms with E-state index >= 15 is 0 Å². The second-order valence-electron chi connectivity index (χ2n) is 5.60. The Labute approximate surface area is 108 Å². The van der Waals surface area contributed by atoms with Gasteiger partial charge in [-0.15, -0.1) is 0 Å². The molecule has 0 radical (unpaired) electrons. The van der Waals surface area contributed by atoms with E-state index in [4.69, 9.17) is 19.9 Å². The van der Waals surface area contributed by atoms with Crippen LogP contribution in [0.2, 0.25) is 0 Å². The molecular formula is C12H24N2O4. The predicted octanol–water partition coefficient (Wildman–Crippen LogP) is 0.990. The Bertz CT molecular complexity index is 278. The van der Waals surface area contributed by atoms with Gasteiger partial charge >= 0.3 is 6.09 Å². The summed E-state index contributed by atoms with van der Waals surface area (Å²) >= 11 is 0. The summed E-state index contributed by atoms with van der Waals surface area (Å²) in [4.78, 5) is 11.7. The molecule has 6 heteroatoms.